The van der Waals surface area contributed by atoms with Gasteiger partial charge in [-0.3, -0.25) is 0 Å². The topological polar surface area (TPSA) is 29.3 Å². The third kappa shape index (κ3) is 3.63. The Morgan fingerprint density at radius 2 is 1.08 bits per heavy atom. The molecule has 2 nitrogen and oxygen atoms in total. The molecule has 0 amide bonds. The van der Waals surface area contributed by atoms with Crippen molar-refractivity contribution in [2.24, 2.45) is 0 Å². The molecule has 7 rings (SSSR count). The maximum Gasteiger partial charge on any atom is 0.0462 e. The molecule has 1 spiro atoms. The van der Waals surface area contributed by atoms with E-state index in [0.29, 0.717) is 0 Å². The van der Waals surface area contributed by atoms with E-state index in [1.165, 1.54) is 54.4 Å². The molecule has 0 radical (unpaired) electrons. The highest BCUT2D eigenvalue weighted by molar-refractivity contribution is 5.90. The van der Waals surface area contributed by atoms with Gasteiger partial charge in [-0.25, -0.2) is 0 Å². The maximum absolute atomic E-state index is 6.82. The highest BCUT2D eigenvalue weighted by Crippen LogP contribution is 2.57. The van der Waals surface area contributed by atoms with E-state index in [0.717, 1.165) is 33.9 Å². The molecule has 0 aromatic heterocycles. The van der Waals surface area contributed by atoms with Crippen LogP contribution in [0.4, 0.5) is 22.7 Å². The Balaban J connectivity index is 1.31. The lowest BCUT2D eigenvalue weighted by molar-refractivity contribution is 0.353. The molecule has 5 aromatic rings. The lowest BCUT2D eigenvalue weighted by atomic mass is 9.67. The van der Waals surface area contributed by atoms with Gasteiger partial charge in [0.1, 0.15) is 0 Å². The second-order valence-electron chi connectivity index (χ2n) is 10.7. The average molecular weight is 493 g/mol. The summed E-state index contributed by atoms with van der Waals surface area (Å²) >= 11 is 0. The summed E-state index contributed by atoms with van der Waals surface area (Å²) in [6.07, 6.45) is 6.35. The molecule has 0 aliphatic heterocycles. The zero-order chi connectivity index (χ0) is 25.5. The van der Waals surface area contributed by atoms with Gasteiger partial charge in [0, 0.05) is 33.7 Å². The van der Waals surface area contributed by atoms with Crippen LogP contribution >= 0.6 is 0 Å². The number of hydrogen-bond donors (Lipinski definition) is 1. The molecule has 5 aromatic carbocycles. The molecule has 38 heavy (non-hydrogen) atoms. The van der Waals surface area contributed by atoms with E-state index in [1.54, 1.807) is 0 Å². The van der Waals surface area contributed by atoms with Crippen molar-refractivity contribution in [3.8, 4) is 22.3 Å². The summed E-state index contributed by atoms with van der Waals surface area (Å²) in [6.45, 7) is 0. The van der Waals surface area contributed by atoms with Gasteiger partial charge >= 0.3 is 0 Å². The van der Waals surface area contributed by atoms with Crippen molar-refractivity contribution in [3.05, 3.63) is 132 Å². The van der Waals surface area contributed by atoms with Gasteiger partial charge in [-0.05, 0) is 89.2 Å². The van der Waals surface area contributed by atoms with Crippen molar-refractivity contribution < 1.29 is 0 Å². The summed E-state index contributed by atoms with van der Waals surface area (Å²) in [4.78, 5) is 2.29. The van der Waals surface area contributed by atoms with E-state index in [4.69, 9.17) is 5.73 Å². The van der Waals surface area contributed by atoms with E-state index in [-0.39, 0.29) is 5.41 Å². The van der Waals surface area contributed by atoms with Crippen LogP contribution in [0, 0.1) is 0 Å². The van der Waals surface area contributed by atoms with E-state index in [9.17, 15) is 0 Å². The lowest BCUT2D eigenvalue weighted by Crippen LogP contribution is -2.28. The molecule has 1 saturated carbocycles. The number of fused-ring (bicyclic) bond motifs is 5. The van der Waals surface area contributed by atoms with Crippen LogP contribution < -0.4 is 10.6 Å². The van der Waals surface area contributed by atoms with E-state index < -0.39 is 0 Å². The van der Waals surface area contributed by atoms with Crippen LogP contribution in [0.15, 0.2) is 121 Å². The van der Waals surface area contributed by atoms with Crippen molar-refractivity contribution >= 4 is 22.7 Å². The number of benzene rings is 5. The summed E-state index contributed by atoms with van der Waals surface area (Å²) in [7, 11) is 0. The third-order valence-corrected chi connectivity index (χ3v) is 8.61. The standard InChI is InChI=1S/C36H32N2/c37-35-25-34-32(30-16-8-9-17-33(30)36(34)22-10-3-11-23-36)24-31(35)26-18-20-29(21-19-26)38(27-12-4-1-5-13-27)28-14-6-2-7-15-28/h1-2,4-9,12-21,24-25H,3,10-11,22-23,37H2. The average Bonchev–Trinajstić information content (AvgIpc) is 3.23. The Morgan fingerprint density at radius 3 is 1.74 bits per heavy atom. The second-order valence-corrected chi connectivity index (χ2v) is 10.7. The Labute approximate surface area is 225 Å². The zero-order valence-electron chi connectivity index (χ0n) is 21.6. The molecular weight excluding hydrogens is 460 g/mol. The lowest BCUT2D eigenvalue weighted by Gasteiger charge is -2.36. The molecule has 2 heteroatoms. The molecule has 2 aliphatic carbocycles. The van der Waals surface area contributed by atoms with Gasteiger partial charge in [0.05, 0.1) is 0 Å². The second kappa shape index (κ2) is 9.22. The van der Waals surface area contributed by atoms with Crippen LogP contribution in [0.3, 0.4) is 0 Å². The van der Waals surface area contributed by atoms with Crippen LogP contribution in [0.25, 0.3) is 22.3 Å². The predicted octanol–water partition coefficient (Wildman–Crippen LogP) is 9.64. The number of para-hydroxylation sites is 2. The van der Waals surface area contributed by atoms with Crippen molar-refractivity contribution in [2.45, 2.75) is 37.5 Å². The Hall–Kier alpha value is -4.30. The van der Waals surface area contributed by atoms with Crippen LogP contribution in [0.1, 0.15) is 43.2 Å². The van der Waals surface area contributed by atoms with E-state index in [2.05, 4.69) is 126 Å². The number of hydrogen-bond acceptors (Lipinski definition) is 2. The fourth-order valence-electron chi connectivity index (χ4n) is 6.85. The first kappa shape index (κ1) is 22.9. The molecule has 0 heterocycles. The van der Waals surface area contributed by atoms with Gasteiger partial charge in [-0.1, -0.05) is 92.1 Å². The Morgan fingerprint density at radius 1 is 0.500 bits per heavy atom. The molecule has 2 N–H and O–H groups in total. The zero-order valence-corrected chi connectivity index (χ0v) is 21.6. The first-order valence-electron chi connectivity index (χ1n) is 13.8. The smallest absolute Gasteiger partial charge is 0.0462 e. The number of rotatable bonds is 4. The molecule has 0 unspecified atom stereocenters. The van der Waals surface area contributed by atoms with Gasteiger partial charge in [0.2, 0.25) is 0 Å². The summed E-state index contributed by atoms with van der Waals surface area (Å²) < 4.78 is 0. The monoisotopic (exact) mass is 492 g/mol. The molecule has 0 saturated heterocycles. The van der Waals surface area contributed by atoms with Crippen molar-refractivity contribution in [2.75, 3.05) is 10.6 Å². The SMILES string of the molecule is Nc1cc2c(cc1-c1ccc(N(c3ccccc3)c3ccccc3)cc1)-c1ccccc1C21CCCCC1. The largest absolute Gasteiger partial charge is 0.398 e. The molecule has 2 aliphatic rings. The summed E-state index contributed by atoms with van der Waals surface area (Å²) in [5, 5.41) is 0. The van der Waals surface area contributed by atoms with E-state index >= 15 is 0 Å². The van der Waals surface area contributed by atoms with Crippen LogP contribution in [-0.4, -0.2) is 0 Å². The third-order valence-electron chi connectivity index (χ3n) is 8.61. The summed E-state index contributed by atoms with van der Waals surface area (Å²) in [5.74, 6) is 0. The van der Waals surface area contributed by atoms with E-state index in [1.807, 2.05) is 0 Å². The minimum atomic E-state index is 0.132. The minimum absolute atomic E-state index is 0.132. The number of nitrogens with two attached hydrogens (primary N) is 1. The quantitative estimate of drug-likeness (QED) is 0.253. The van der Waals surface area contributed by atoms with Crippen molar-refractivity contribution in [3.63, 3.8) is 0 Å². The fraction of sp³-hybridized carbons (Fsp3) is 0.167. The molecule has 0 bridgehead atoms. The van der Waals surface area contributed by atoms with Crippen LogP contribution in [0.5, 0.6) is 0 Å². The highest BCUT2D eigenvalue weighted by Gasteiger charge is 2.43. The number of anilines is 4. The van der Waals surface area contributed by atoms with Crippen LogP contribution in [-0.2, 0) is 5.41 Å². The maximum atomic E-state index is 6.82. The van der Waals surface area contributed by atoms with Crippen molar-refractivity contribution in [1.29, 1.82) is 0 Å². The summed E-state index contributed by atoms with van der Waals surface area (Å²) in [5.41, 5.74) is 19.2. The van der Waals surface area contributed by atoms with Gasteiger partial charge < -0.3 is 10.6 Å². The normalized spacial score (nSPS) is 15.2. The number of nitrogens with zero attached hydrogens (tertiary/aromatic N) is 1. The molecule has 186 valence electrons. The van der Waals surface area contributed by atoms with Gasteiger partial charge in [0.25, 0.3) is 0 Å². The molecule has 0 atom stereocenters. The highest BCUT2D eigenvalue weighted by atomic mass is 15.1. The van der Waals surface area contributed by atoms with Crippen molar-refractivity contribution in [1.82, 2.24) is 0 Å². The first-order valence-corrected chi connectivity index (χ1v) is 13.8. The Bertz CT molecular complexity index is 1540. The number of nitrogen functional groups attached to an aromatic ring is 1. The predicted molar refractivity (Wildman–Crippen MR) is 160 cm³/mol. The fourth-order valence-corrected chi connectivity index (χ4v) is 6.85. The minimum Gasteiger partial charge on any atom is -0.398 e. The molecule has 1 fully saturated rings. The van der Waals surface area contributed by atoms with Gasteiger partial charge in [-0.2, -0.15) is 0 Å². The molecular formula is C36H32N2. The Kier molecular flexibility index (Phi) is 5.55. The van der Waals surface area contributed by atoms with Crippen LogP contribution in [0.2, 0.25) is 0 Å². The van der Waals surface area contributed by atoms with Gasteiger partial charge in [0.15, 0.2) is 0 Å². The first-order chi connectivity index (χ1) is 18.7. The summed E-state index contributed by atoms with van der Waals surface area (Å²) in [6, 6.07) is 43.6. The van der Waals surface area contributed by atoms with Gasteiger partial charge in [-0.15, -0.1) is 0 Å².